The predicted molar refractivity (Wildman–Crippen MR) is 77.6 cm³/mol. The van der Waals surface area contributed by atoms with E-state index in [0.717, 1.165) is 0 Å². The fraction of sp³-hybridized carbons (Fsp3) is 0.0714. The largest absolute Gasteiger partial charge is 0.326 e. The van der Waals surface area contributed by atoms with Crippen molar-refractivity contribution in [2.75, 3.05) is 16.0 Å². The standard InChI is InChI=1S/C14H14N4O2/c1-10(19)16-11-4-2-5-12(8-11)17-14(20)18-13-6-3-7-15-9-13/h2-9H,1H3,(H,16,19)(H2,17,18,20). The first-order valence-electron chi connectivity index (χ1n) is 5.99. The molecule has 20 heavy (non-hydrogen) atoms. The smallest absolute Gasteiger partial charge is 0.323 e. The molecule has 6 heteroatoms. The van der Waals surface area contributed by atoms with Gasteiger partial charge in [-0.15, -0.1) is 0 Å². The van der Waals surface area contributed by atoms with Crippen molar-refractivity contribution >= 4 is 29.0 Å². The monoisotopic (exact) mass is 270 g/mol. The Bertz CT molecular complexity index is 614. The first-order chi connectivity index (χ1) is 9.63. The van der Waals surface area contributed by atoms with Gasteiger partial charge in [-0.2, -0.15) is 0 Å². The van der Waals surface area contributed by atoms with Crippen LogP contribution in [0.3, 0.4) is 0 Å². The molecule has 6 nitrogen and oxygen atoms in total. The third-order valence-electron chi connectivity index (χ3n) is 2.36. The number of benzene rings is 1. The summed E-state index contributed by atoms with van der Waals surface area (Å²) in [4.78, 5) is 26.6. The number of anilines is 3. The number of hydrogen-bond acceptors (Lipinski definition) is 3. The molecular formula is C14H14N4O2. The lowest BCUT2D eigenvalue weighted by atomic mass is 10.2. The molecular weight excluding hydrogens is 256 g/mol. The van der Waals surface area contributed by atoms with Crippen molar-refractivity contribution in [2.24, 2.45) is 0 Å². The van der Waals surface area contributed by atoms with E-state index in [9.17, 15) is 9.59 Å². The zero-order chi connectivity index (χ0) is 14.4. The van der Waals surface area contributed by atoms with Gasteiger partial charge in [0.2, 0.25) is 5.91 Å². The van der Waals surface area contributed by atoms with Crippen LogP contribution < -0.4 is 16.0 Å². The third-order valence-corrected chi connectivity index (χ3v) is 2.36. The number of urea groups is 1. The van der Waals surface area contributed by atoms with Gasteiger partial charge in [-0.25, -0.2) is 4.79 Å². The molecule has 1 aromatic carbocycles. The number of hydrogen-bond donors (Lipinski definition) is 3. The molecule has 0 fully saturated rings. The van der Waals surface area contributed by atoms with Crippen LogP contribution in [0.4, 0.5) is 21.9 Å². The van der Waals surface area contributed by atoms with Gasteiger partial charge in [-0.05, 0) is 30.3 Å². The second kappa shape index (κ2) is 6.33. The Labute approximate surface area is 116 Å². The number of carbonyl (C=O) groups excluding carboxylic acids is 2. The van der Waals surface area contributed by atoms with E-state index in [4.69, 9.17) is 0 Å². The minimum atomic E-state index is -0.377. The van der Waals surface area contributed by atoms with Crippen LogP contribution in [0.25, 0.3) is 0 Å². The second-order valence-electron chi connectivity index (χ2n) is 4.08. The molecule has 0 unspecified atom stereocenters. The van der Waals surface area contributed by atoms with Crippen molar-refractivity contribution in [2.45, 2.75) is 6.92 Å². The molecule has 0 atom stereocenters. The van der Waals surface area contributed by atoms with Gasteiger partial charge < -0.3 is 16.0 Å². The molecule has 0 aliphatic heterocycles. The van der Waals surface area contributed by atoms with Gasteiger partial charge >= 0.3 is 6.03 Å². The fourth-order valence-corrected chi connectivity index (χ4v) is 1.61. The molecule has 0 aliphatic rings. The molecule has 0 saturated heterocycles. The summed E-state index contributed by atoms with van der Waals surface area (Å²) in [6.45, 7) is 1.43. The highest BCUT2D eigenvalue weighted by Gasteiger charge is 2.03. The van der Waals surface area contributed by atoms with Crippen LogP contribution in [-0.4, -0.2) is 16.9 Å². The Morgan fingerprint density at radius 2 is 1.60 bits per heavy atom. The molecule has 2 aromatic rings. The molecule has 0 saturated carbocycles. The van der Waals surface area contributed by atoms with Gasteiger partial charge in [0, 0.05) is 24.5 Å². The summed E-state index contributed by atoms with van der Waals surface area (Å²) in [7, 11) is 0. The molecule has 0 radical (unpaired) electrons. The Hall–Kier alpha value is -2.89. The molecule has 1 heterocycles. The first kappa shape index (κ1) is 13.5. The summed E-state index contributed by atoms with van der Waals surface area (Å²) in [5.74, 6) is -0.165. The van der Waals surface area contributed by atoms with Gasteiger partial charge in [0.25, 0.3) is 0 Å². The molecule has 3 N–H and O–H groups in total. The maximum absolute atomic E-state index is 11.8. The van der Waals surface area contributed by atoms with Gasteiger partial charge in [0.1, 0.15) is 0 Å². The van der Waals surface area contributed by atoms with Crippen LogP contribution in [-0.2, 0) is 4.79 Å². The molecule has 3 amide bonds. The first-order valence-corrected chi connectivity index (χ1v) is 5.99. The number of carbonyl (C=O) groups is 2. The SMILES string of the molecule is CC(=O)Nc1cccc(NC(=O)Nc2cccnc2)c1. The Morgan fingerprint density at radius 3 is 2.25 bits per heavy atom. The number of amides is 3. The van der Waals surface area contributed by atoms with Crippen LogP contribution in [0.5, 0.6) is 0 Å². The molecule has 0 spiro atoms. The quantitative estimate of drug-likeness (QED) is 0.801. The van der Waals surface area contributed by atoms with E-state index in [1.165, 1.54) is 6.92 Å². The average Bonchev–Trinajstić information content (AvgIpc) is 2.39. The average molecular weight is 270 g/mol. The highest BCUT2D eigenvalue weighted by atomic mass is 16.2. The van der Waals surface area contributed by atoms with Crippen molar-refractivity contribution in [3.8, 4) is 0 Å². The maximum atomic E-state index is 11.8. The zero-order valence-corrected chi connectivity index (χ0v) is 10.9. The fourth-order valence-electron chi connectivity index (χ4n) is 1.61. The van der Waals surface area contributed by atoms with Crippen LogP contribution in [0.15, 0.2) is 48.8 Å². The zero-order valence-electron chi connectivity index (χ0n) is 10.9. The summed E-state index contributed by atoms with van der Waals surface area (Å²) in [5.41, 5.74) is 1.80. The highest BCUT2D eigenvalue weighted by molar-refractivity contribution is 6.00. The number of nitrogens with zero attached hydrogens (tertiary/aromatic N) is 1. The van der Waals surface area contributed by atoms with Crippen LogP contribution in [0, 0.1) is 0 Å². The molecule has 0 bridgehead atoms. The lowest BCUT2D eigenvalue weighted by Gasteiger charge is -2.09. The molecule has 102 valence electrons. The van der Waals surface area contributed by atoms with Gasteiger partial charge in [-0.3, -0.25) is 9.78 Å². The summed E-state index contributed by atoms with van der Waals surface area (Å²) in [5, 5.41) is 7.97. The Balaban J connectivity index is 1.99. The minimum Gasteiger partial charge on any atom is -0.326 e. The Morgan fingerprint density at radius 1 is 0.950 bits per heavy atom. The van der Waals surface area contributed by atoms with E-state index in [2.05, 4.69) is 20.9 Å². The predicted octanol–water partition coefficient (Wildman–Crippen LogP) is 2.68. The normalized spacial score (nSPS) is 9.65. The van der Waals surface area contributed by atoms with E-state index in [1.807, 2.05) is 0 Å². The van der Waals surface area contributed by atoms with Crippen LogP contribution in [0.2, 0.25) is 0 Å². The van der Waals surface area contributed by atoms with Crippen molar-refractivity contribution < 1.29 is 9.59 Å². The van der Waals surface area contributed by atoms with E-state index >= 15 is 0 Å². The van der Waals surface area contributed by atoms with Crippen LogP contribution >= 0.6 is 0 Å². The van der Waals surface area contributed by atoms with E-state index < -0.39 is 0 Å². The third kappa shape index (κ3) is 4.09. The van der Waals surface area contributed by atoms with Crippen LogP contribution in [0.1, 0.15) is 6.92 Å². The van der Waals surface area contributed by atoms with Crippen molar-refractivity contribution in [1.82, 2.24) is 4.98 Å². The lowest BCUT2D eigenvalue weighted by Crippen LogP contribution is -2.19. The maximum Gasteiger partial charge on any atom is 0.323 e. The molecule has 2 rings (SSSR count). The van der Waals surface area contributed by atoms with Crippen molar-refractivity contribution in [3.05, 3.63) is 48.8 Å². The summed E-state index contributed by atoms with van der Waals surface area (Å²) in [6.07, 6.45) is 3.17. The number of pyridine rings is 1. The molecule has 1 aromatic heterocycles. The van der Waals surface area contributed by atoms with Gasteiger partial charge in [0.15, 0.2) is 0 Å². The Kier molecular flexibility index (Phi) is 4.28. The van der Waals surface area contributed by atoms with E-state index in [1.54, 1.807) is 48.8 Å². The number of rotatable bonds is 3. The summed E-state index contributed by atoms with van der Waals surface area (Å²) >= 11 is 0. The van der Waals surface area contributed by atoms with Crippen molar-refractivity contribution in [3.63, 3.8) is 0 Å². The number of aromatic nitrogens is 1. The number of nitrogens with one attached hydrogen (secondary N) is 3. The minimum absolute atomic E-state index is 0.165. The van der Waals surface area contributed by atoms with E-state index in [-0.39, 0.29) is 11.9 Å². The lowest BCUT2D eigenvalue weighted by molar-refractivity contribution is -0.114. The molecule has 0 aliphatic carbocycles. The van der Waals surface area contributed by atoms with E-state index in [0.29, 0.717) is 17.1 Å². The second-order valence-corrected chi connectivity index (χ2v) is 4.08. The summed E-state index contributed by atoms with van der Waals surface area (Å²) in [6, 6.07) is 9.97. The van der Waals surface area contributed by atoms with Gasteiger partial charge in [-0.1, -0.05) is 6.07 Å². The highest BCUT2D eigenvalue weighted by Crippen LogP contribution is 2.15. The topological polar surface area (TPSA) is 83.1 Å². The van der Waals surface area contributed by atoms with Gasteiger partial charge in [0.05, 0.1) is 11.9 Å². The summed E-state index contributed by atoms with van der Waals surface area (Å²) < 4.78 is 0. The van der Waals surface area contributed by atoms with Crippen molar-refractivity contribution in [1.29, 1.82) is 0 Å².